The van der Waals surface area contributed by atoms with E-state index in [9.17, 15) is 31.5 Å². The fraction of sp³-hybridized carbons (Fsp3) is 0.435. The van der Waals surface area contributed by atoms with Crippen molar-refractivity contribution in [1.29, 1.82) is 0 Å². The molecule has 3 N–H and O–H groups in total. The van der Waals surface area contributed by atoms with Crippen LogP contribution in [0.2, 0.25) is 5.02 Å². The van der Waals surface area contributed by atoms with Crippen LogP contribution in [0.4, 0.5) is 33.6 Å². The van der Waals surface area contributed by atoms with Gasteiger partial charge in [0, 0.05) is 36.5 Å². The molecule has 1 aliphatic heterocycles. The Kier molecular flexibility index (Phi) is 6.00. The summed E-state index contributed by atoms with van der Waals surface area (Å²) in [6.07, 6.45) is -5.62. The van der Waals surface area contributed by atoms with E-state index < -0.39 is 42.3 Å². The van der Waals surface area contributed by atoms with Gasteiger partial charge in [-0.15, -0.1) is 0 Å². The SMILES string of the molecule is CNc1nc(-c2nn(CCC(F)(F)C(F)(F)F)c3cc(Cl)ccc23)nc2c1C(C)(C(=O)NC1CC1)C(=O)N2. The number of fused-ring (bicyclic) bond motifs is 2. The summed E-state index contributed by atoms with van der Waals surface area (Å²) in [5.74, 6) is -5.88. The van der Waals surface area contributed by atoms with Crippen molar-refractivity contribution in [3.8, 4) is 11.5 Å². The summed E-state index contributed by atoms with van der Waals surface area (Å²) in [5.41, 5.74) is -1.13. The van der Waals surface area contributed by atoms with E-state index in [1.165, 1.54) is 32.2 Å². The minimum atomic E-state index is -5.71. The molecule has 38 heavy (non-hydrogen) atoms. The number of nitrogens with zero attached hydrogens (tertiary/aromatic N) is 4. The van der Waals surface area contributed by atoms with Crippen molar-refractivity contribution in [1.82, 2.24) is 25.1 Å². The highest BCUT2D eigenvalue weighted by Gasteiger charge is 2.57. The molecular weight excluding hydrogens is 537 g/mol. The van der Waals surface area contributed by atoms with Crippen LogP contribution >= 0.6 is 11.6 Å². The lowest BCUT2D eigenvalue weighted by Gasteiger charge is -2.22. The van der Waals surface area contributed by atoms with Gasteiger partial charge >= 0.3 is 12.1 Å². The van der Waals surface area contributed by atoms with Crippen LogP contribution in [0.15, 0.2) is 18.2 Å². The van der Waals surface area contributed by atoms with E-state index in [0.717, 1.165) is 17.5 Å². The smallest absolute Gasteiger partial charge is 0.373 e. The summed E-state index contributed by atoms with van der Waals surface area (Å²) in [4.78, 5) is 34.8. The molecule has 1 atom stereocenters. The van der Waals surface area contributed by atoms with Gasteiger partial charge in [0.05, 0.1) is 11.1 Å². The zero-order chi connectivity index (χ0) is 27.6. The summed E-state index contributed by atoms with van der Waals surface area (Å²) < 4.78 is 66.4. The predicted molar refractivity (Wildman–Crippen MR) is 128 cm³/mol. The first kappa shape index (κ1) is 26.1. The number of rotatable bonds is 7. The molecule has 1 saturated carbocycles. The summed E-state index contributed by atoms with van der Waals surface area (Å²) >= 11 is 6.05. The number of carbonyl (C=O) groups is 2. The molecule has 1 aliphatic carbocycles. The van der Waals surface area contributed by atoms with Crippen molar-refractivity contribution >= 4 is 46.0 Å². The first-order valence-electron chi connectivity index (χ1n) is 11.6. The average Bonchev–Trinajstić information content (AvgIpc) is 3.53. The summed E-state index contributed by atoms with van der Waals surface area (Å²) in [5, 5.41) is 13.1. The molecule has 15 heteroatoms. The number of nitrogens with one attached hydrogen (secondary N) is 3. The number of alkyl halides is 5. The van der Waals surface area contributed by atoms with Crippen LogP contribution in [0.25, 0.3) is 22.4 Å². The minimum absolute atomic E-state index is 0.00118. The summed E-state index contributed by atoms with van der Waals surface area (Å²) in [6.45, 7) is 0.687. The van der Waals surface area contributed by atoms with Gasteiger partial charge in [0.2, 0.25) is 11.8 Å². The van der Waals surface area contributed by atoms with Gasteiger partial charge in [0.15, 0.2) is 11.2 Å². The molecule has 3 aromatic rings. The number of anilines is 2. The standard InChI is InChI=1S/C23H21ClF5N7O2/c1-21(19(37)31-11-4-5-11)14-16(30-2)32-18(33-17(14)34-20(21)38)15-12-6-3-10(24)9-13(12)36(35-15)8-7-22(25,26)23(27,28)29/h3,6,9,11H,4-5,7-8H2,1-2H3,(H,31,37)(H2,30,32,33,34,38). The number of benzene rings is 1. The maximum atomic E-state index is 13.6. The van der Waals surface area contributed by atoms with Crippen molar-refractivity contribution in [3.05, 3.63) is 28.8 Å². The van der Waals surface area contributed by atoms with E-state index in [1.807, 2.05) is 0 Å². The second-order valence-electron chi connectivity index (χ2n) is 9.38. The topological polar surface area (TPSA) is 114 Å². The van der Waals surface area contributed by atoms with E-state index >= 15 is 0 Å². The van der Waals surface area contributed by atoms with Gasteiger partial charge < -0.3 is 16.0 Å². The predicted octanol–water partition coefficient (Wildman–Crippen LogP) is 4.26. The van der Waals surface area contributed by atoms with Crippen LogP contribution in [-0.4, -0.2) is 56.8 Å². The number of amides is 2. The van der Waals surface area contributed by atoms with Crippen LogP contribution in [0.1, 0.15) is 31.7 Å². The third kappa shape index (κ3) is 4.20. The molecule has 202 valence electrons. The Morgan fingerprint density at radius 2 is 1.95 bits per heavy atom. The fourth-order valence-corrected chi connectivity index (χ4v) is 4.47. The molecule has 3 heterocycles. The second-order valence-corrected chi connectivity index (χ2v) is 9.82. The highest BCUT2D eigenvalue weighted by molar-refractivity contribution is 6.31. The lowest BCUT2D eigenvalue weighted by Crippen LogP contribution is -2.48. The molecule has 5 rings (SSSR count). The largest absolute Gasteiger partial charge is 0.453 e. The number of hydrogen-bond acceptors (Lipinski definition) is 6. The highest BCUT2D eigenvalue weighted by atomic mass is 35.5. The number of carbonyl (C=O) groups excluding carboxylic acids is 2. The molecule has 0 radical (unpaired) electrons. The Morgan fingerprint density at radius 1 is 1.24 bits per heavy atom. The molecule has 0 saturated heterocycles. The Bertz CT molecular complexity index is 1470. The number of hydrogen-bond donors (Lipinski definition) is 3. The van der Waals surface area contributed by atoms with Crippen LogP contribution in [0.3, 0.4) is 0 Å². The fourth-order valence-electron chi connectivity index (χ4n) is 4.30. The van der Waals surface area contributed by atoms with Crippen LogP contribution in [0, 0.1) is 0 Å². The monoisotopic (exact) mass is 557 g/mol. The van der Waals surface area contributed by atoms with Crippen molar-refractivity contribution < 1.29 is 31.5 Å². The van der Waals surface area contributed by atoms with E-state index in [0.29, 0.717) is 5.39 Å². The molecule has 0 bridgehead atoms. The van der Waals surface area contributed by atoms with Gasteiger partial charge in [0.1, 0.15) is 17.3 Å². The average molecular weight is 558 g/mol. The lowest BCUT2D eigenvalue weighted by molar-refractivity contribution is -0.285. The van der Waals surface area contributed by atoms with Crippen molar-refractivity contribution in [2.24, 2.45) is 0 Å². The summed E-state index contributed by atoms with van der Waals surface area (Å²) in [7, 11) is 1.53. The van der Waals surface area contributed by atoms with Gasteiger partial charge in [-0.3, -0.25) is 14.3 Å². The lowest BCUT2D eigenvalue weighted by atomic mass is 9.83. The number of aryl methyl sites for hydroxylation is 1. The Labute approximate surface area is 217 Å². The third-order valence-electron chi connectivity index (χ3n) is 6.68. The molecular formula is C23H21ClF5N7O2. The van der Waals surface area contributed by atoms with E-state index in [1.54, 1.807) is 0 Å². The van der Waals surface area contributed by atoms with Gasteiger partial charge in [-0.25, -0.2) is 9.97 Å². The van der Waals surface area contributed by atoms with E-state index in [-0.39, 0.29) is 45.3 Å². The molecule has 0 spiro atoms. The maximum absolute atomic E-state index is 13.6. The molecule has 9 nitrogen and oxygen atoms in total. The number of aromatic nitrogens is 4. The van der Waals surface area contributed by atoms with Crippen LogP contribution in [-0.2, 0) is 21.5 Å². The van der Waals surface area contributed by atoms with E-state index in [2.05, 4.69) is 31.0 Å². The highest BCUT2D eigenvalue weighted by Crippen LogP contribution is 2.43. The quantitative estimate of drug-likeness (QED) is 0.295. The zero-order valence-electron chi connectivity index (χ0n) is 20.0. The Balaban J connectivity index is 1.59. The second kappa shape index (κ2) is 8.75. The molecule has 1 aromatic carbocycles. The van der Waals surface area contributed by atoms with Gasteiger partial charge in [0.25, 0.3) is 0 Å². The molecule has 1 unspecified atom stereocenters. The Hall–Kier alpha value is -3.55. The number of halogens is 6. The molecule has 2 aromatic heterocycles. The van der Waals surface area contributed by atoms with Gasteiger partial charge in [-0.2, -0.15) is 27.1 Å². The Morgan fingerprint density at radius 3 is 2.58 bits per heavy atom. The zero-order valence-corrected chi connectivity index (χ0v) is 20.8. The molecule has 2 aliphatic rings. The summed E-state index contributed by atoms with van der Waals surface area (Å²) in [6, 6.07) is 4.39. The van der Waals surface area contributed by atoms with Gasteiger partial charge in [-0.1, -0.05) is 11.6 Å². The van der Waals surface area contributed by atoms with Crippen LogP contribution in [0.5, 0.6) is 0 Å². The maximum Gasteiger partial charge on any atom is 0.453 e. The minimum Gasteiger partial charge on any atom is -0.373 e. The van der Waals surface area contributed by atoms with Gasteiger partial charge in [-0.05, 0) is 38.0 Å². The van der Waals surface area contributed by atoms with E-state index in [4.69, 9.17) is 11.6 Å². The van der Waals surface area contributed by atoms with Crippen LogP contribution < -0.4 is 16.0 Å². The molecule has 1 fully saturated rings. The first-order valence-corrected chi connectivity index (χ1v) is 12.0. The molecule has 2 amide bonds. The van der Waals surface area contributed by atoms with Crippen molar-refractivity contribution in [2.75, 3.05) is 17.7 Å². The first-order chi connectivity index (χ1) is 17.8. The van der Waals surface area contributed by atoms with Crippen molar-refractivity contribution in [2.45, 2.75) is 56.3 Å². The van der Waals surface area contributed by atoms with Crippen molar-refractivity contribution in [3.63, 3.8) is 0 Å². The third-order valence-corrected chi connectivity index (χ3v) is 6.91. The normalized spacial score (nSPS) is 19.4.